The molecule has 6 nitrogen and oxygen atoms in total. The van der Waals surface area contributed by atoms with E-state index in [0.29, 0.717) is 5.57 Å². The van der Waals surface area contributed by atoms with Crippen LogP contribution in [0.3, 0.4) is 0 Å². The van der Waals surface area contributed by atoms with E-state index in [-0.39, 0.29) is 16.8 Å². The second-order valence-electron chi connectivity index (χ2n) is 3.68. The zero-order valence-electron chi connectivity index (χ0n) is 10.7. The van der Waals surface area contributed by atoms with E-state index in [1.165, 1.54) is 20.1 Å². The molecule has 0 bridgehead atoms. The predicted octanol–water partition coefficient (Wildman–Crippen LogP) is 2.99. The Hall–Kier alpha value is -1.96. The highest BCUT2D eigenvalue weighted by Gasteiger charge is 2.20. The second kappa shape index (κ2) is 6.99. The third-order valence-electron chi connectivity index (χ3n) is 2.31. The molecule has 0 fully saturated rings. The van der Waals surface area contributed by atoms with E-state index in [4.69, 9.17) is 4.74 Å². The van der Waals surface area contributed by atoms with Gasteiger partial charge in [-0.15, -0.1) is 0 Å². The molecule has 0 atom stereocenters. The molecule has 0 spiro atoms. The van der Waals surface area contributed by atoms with Crippen molar-refractivity contribution in [2.45, 2.75) is 6.92 Å². The lowest BCUT2D eigenvalue weighted by atomic mass is 10.3. The van der Waals surface area contributed by atoms with Gasteiger partial charge >= 0.3 is 11.7 Å². The number of hydrogen-bond acceptors (Lipinski definition) is 5. The fraction of sp³-hybridized carbons (Fsp3) is 0.250. The van der Waals surface area contributed by atoms with Crippen molar-refractivity contribution < 1.29 is 23.6 Å². The minimum atomic E-state index is -0.753. The first kappa shape index (κ1) is 16.1. The number of nitro groups is 1. The Bertz CT molecular complexity index is 573. The van der Waals surface area contributed by atoms with E-state index in [1.807, 2.05) is 0 Å². The van der Waals surface area contributed by atoms with Crippen molar-refractivity contribution in [1.29, 1.82) is 0 Å². The van der Waals surface area contributed by atoms with Gasteiger partial charge in [0.25, 0.3) is 0 Å². The fourth-order valence-electron chi connectivity index (χ4n) is 1.32. The van der Waals surface area contributed by atoms with E-state index in [2.05, 4.69) is 20.7 Å². The number of esters is 1. The van der Waals surface area contributed by atoms with E-state index in [0.717, 1.165) is 12.1 Å². The third kappa shape index (κ3) is 4.02. The first-order chi connectivity index (χ1) is 9.36. The lowest BCUT2D eigenvalue weighted by Crippen LogP contribution is -2.05. The van der Waals surface area contributed by atoms with Crippen LogP contribution in [-0.4, -0.2) is 24.6 Å². The van der Waals surface area contributed by atoms with Gasteiger partial charge in [0.05, 0.1) is 22.6 Å². The highest BCUT2D eigenvalue weighted by molar-refractivity contribution is 9.10. The van der Waals surface area contributed by atoms with Crippen molar-refractivity contribution in [1.82, 2.24) is 0 Å². The minimum Gasteiger partial charge on any atom is -0.482 e. The number of halogens is 2. The molecule has 0 saturated heterocycles. The summed E-state index contributed by atoms with van der Waals surface area (Å²) in [5, 5.41) is 10.8. The van der Waals surface area contributed by atoms with Crippen molar-refractivity contribution in [3.05, 3.63) is 44.2 Å². The average Bonchev–Trinajstić information content (AvgIpc) is 2.39. The van der Waals surface area contributed by atoms with Crippen molar-refractivity contribution >= 4 is 27.6 Å². The Balaban J connectivity index is 2.93. The maximum Gasteiger partial charge on any atom is 0.333 e. The zero-order valence-corrected chi connectivity index (χ0v) is 12.3. The number of hydrogen-bond donors (Lipinski definition) is 0. The molecule has 108 valence electrons. The summed E-state index contributed by atoms with van der Waals surface area (Å²) >= 11 is 2.99. The molecule has 1 aromatic rings. The summed E-state index contributed by atoms with van der Waals surface area (Å²) in [5.74, 6) is -1.39. The topological polar surface area (TPSA) is 78.7 Å². The van der Waals surface area contributed by atoms with Gasteiger partial charge in [0.2, 0.25) is 5.75 Å². The maximum atomic E-state index is 13.1. The highest BCUT2D eigenvalue weighted by atomic mass is 79.9. The third-order valence-corrected chi connectivity index (χ3v) is 2.90. The quantitative estimate of drug-likeness (QED) is 0.354. The molecule has 8 heteroatoms. The number of carbonyl (C=O) groups excluding carboxylic acids is 1. The molecule has 1 rings (SSSR count). The number of methoxy groups -OCH3 is 1. The van der Waals surface area contributed by atoms with Gasteiger partial charge in [0.15, 0.2) is 0 Å². The van der Waals surface area contributed by atoms with E-state index >= 15 is 0 Å². The number of nitro benzene ring substituents is 1. The van der Waals surface area contributed by atoms with E-state index < -0.39 is 22.4 Å². The summed E-state index contributed by atoms with van der Waals surface area (Å²) < 4.78 is 22.9. The Morgan fingerprint density at radius 2 is 2.20 bits per heavy atom. The number of benzene rings is 1. The Labute approximate surface area is 122 Å². The van der Waals surface area contributed by atoms with Crippen molar-refractivity contribution in [2.75, 3.05) is 13.7 Å². The summed E-state index contributed by atoms with van der Waals surface area (Å²) in [6.07, 6.45) is 1.41. The van der Waals surface area contributed by atoms with Crippen LogP contribution in [0.2, 0.25) is 0 Å². The van der Waals surface area contributed by atoms with Crippen LogP contribution in [0.25, 0.3) is 0 Å². The van der Waals surface area contributed by atoms with Crippen LogP contribution in [0.1, 0.15) is 6.92 Å². The smallest absolute Gasteiger partial charge is 0.333 e. The van der Waals surface area contributed by atoms with Crippen LogP contribution in [0.5, 0.6) is 5.75 Å². The lowest BCUT2D eigenvalue weighted by Gasteiger charge is -2.07. The minimum absolute atomic E-state index is 0.0913. The van der Waals surface area contributed by atoms with Gasteiger partial charge < -0.3 is 9.47 Å². The highest BCUT2D eigenvalue weighted by Crippen LogP contribution is 2.35. The summed E-state index contributed by atoms with van der Waals surface area (Å²) in [6.45, 7) is 1.43. The largest absolute Gasteiger partial charge is 0.482 e. The molecule has 0 heterocycles. The van der Waals surface area contributed by atoms with E-state index in [1.54, 1.807) is 0 Å². The number of rotatable bonds is 5. The Kier molecular flexibility index (Phi) is 5.63. The van der Waals surface area contributed by atoms with Gasteiger partial charge in [-0.25, -0.2) is 9.18 Å². The summed E-state index contributed by atoms with van der Waals surface area (Å²) in [5.41, 5.74) is -0.200. The van der Waals surface area contributed by atoms with Crippen molar-refractivity contribution in [2.24, 2.45) is 0 Å². The number of nitrogens with zero attached hydrogens (tertiary/aromatic N) is 1. The Morgan fingerprint density at radius 1 is 1.55 bits per heavy atom. The van der Waals surface area contributed by atoms with Crippen LogP contribution in [0.15, 0.2) is 28.3 Å². The van der Waals surface area contributed by atoms with Gasteiger partial charge in [0.1, 0.15) is 12.4 Å². The molecule has 0 N–H and O–H groups in total. The van der Waals surface area contributed by atoms with Gasteiger partial charge in [-0.05, 0) is 35.0 Å². The van der Waals surface area contributed by atoms with Gasteiger partial charge in [-0.2, -0.15) is 0 Å². The SMILES string of the molecule is COC(=O)C(C)=CCOc1c(Br)cc(F)cc1[N+](=O)[O-]. The van der Waals surface area contributed by atoms with Gasteiger partial charge in [0, 0.05) is 5.57 Å². The zero-order chi connectivity index (χ0) is 15.3. The van der Waals surface area contributed by atoms with Crippen molar-refractivity contribution in [3.63, 3.8) is 0 Å². The number of carbonyl (C=O) groups is 1. The summed E-state index contributed by atoms with van der Waals surface area (Å²) in [7, 11) is 1.24. The number of ether oxygens (including phenoxy) is 2. The molecular weight excluding hydrogens is 337 g/mol. The fourth-order valence-corrected chi connectivity index (χ4v) is 1.86. The van der Waals surface area contributed by atoms with Gasteiger partial charge in [-0.1, -0.05) is 0 Å². The average molecular weight is 348 g/mol. The molecule has 0 aliphatic carbocycles. The second-order valence-corrected chi connectivity index (χ2v) is 4.54. The molecular formula is C12H11BrFNO5. The normalized spacial score (nSPS) is 11.1. The van der Waals surface area contributed by atoms with Gasteiger partial charge in [-0.3, -0.25) is 10.1 Å². The molecule has 0 unspecified atom stereocenters. The lowest BCUT2D eigenvalue weighted by molar-refractivity contribution is -0.386. The molecule has 0 saturated carbocycles. The van der Waals surface area contributed by atoms with E-state index in [9.17, 15) is 19.3 Å². The monoisotopic (exact) mass is 347 g/mol. The molecule has 1 aromatic carbocycles. The molecule has 0 amide bonds. The molecule has 0 aliphatic heterocycles. The summed E-state index contributed by atoms with van der Waals surface area (Å²) in [6, 6.07) is 1.82. The van der Waals surface area contributed by atoms with Crippen LogP contribution in [0.4, 0.5) is 10.1 Å². The van der Waals surface area contributed by atoms with Crippen molar-refractivity contribution in [3.8, 4) is 5.75 Å². The maximum absolute atomic E-state index is 13.1. The first-order valence-electron chi connectivity index (χ1n) is 5.38. The van der Waals surface area contributed by atoms with Crippen LogP contribution >= 0.6 is 15.9 Å². The Morgan fingerprint density at radius 3 is 2.75 bits per heavy atom. The van der Waals surface area contributed by atoms with Crippen LogP contribution < -0.4 is 4.74 Å². The van der Waals surface area contributed by atoms with Crippen LogP contribution in [-0.2, 0) is 9.53 Å². The molecule has 0 aromatic heterocycles. The molecule has 0 radical (unpaired) electrons. The molecule has 0 aliphatic rings. The molecule has 20 heavy (non-hydrogen) atoms. The van der Waals surface area contributed by atoms with Crippen LogP contribution in [0, 0.1) is 15.9 Å². The first-order valence-corrected chi connectivity index (χ1v) is 6.17. The summed E-state index contributed by atoms with van der Waals surface area (Å²) in [4.78, 5) is 21.2. The predicted molar refractivity (Wildman–Crippen MR) is 72.0 cm³/mol. The standard InChI is InChI=1S/C12H11BrFNO5/c1-7(12(16)19-2)3-4-20-11-9(13)5-8(14)6-10(11)15(17)18/h3,5-6H,4H2,1-2H3.